The van der Waals surface area contributed by atoms with E-state index >= 15 is 0 Å². The number of para-hydroxylation sites is 1. The third kappa shape index (κ3) is 6.56. The second kappa shape index (κ2) is 12.8. The molecule has 0 radical (unpaired) electrons. The summed E-state index contributed by atoms with van der Waals surface area (Å²) in [6, 6.07) is 8.33. The molecule has 2 atom stereocenters. The monoisotopic (exact) mass is 580 g/mol. The van der Waals surface area contributed by atoms with Gasteiger partial charge in [0.15, 0.2) is 5.78 Å². The van der Waals surface area contributed by atoms with Crippen LogP contribution in [-0.2, 0) is 14.3 Å². The molecule has 194 valence electrons. The number of ether oxygens (including phenoxy) is 1. The minimum absolute atomic E-state index is 0.0244. The molecule has 0 N–H and O–H groups in total. The van der Waals surface area contributed by atoms with Gasteiger partial charge in [-0.2, -0.15) is 23.5 Å². The van der Waals surface area contributed by atoms with Crippen molar-refractivity contribution in [2.45, 2.75) is 36.6 Å². The second-order valence-corrected chi connectivity index (χ2v) is 14.1. The molecule has 2 saturated heterocycles. The SMILES string of the molecule is C=C1CSCC(OCC(=O)CCN2c3ccccc3SC2C(C)/C(C)=C2\SC(=S)N(C)C2=O)CSC1. The van der Waals surface area contributed by atoms with E-state index in [2.05, 4.69) is 30.5 Å². The van der Waals surface area contributed by atoms with Crippen LogP contribution in [0.15, 0.2) is 51.8 Å². The number of fused-ring (bicyclic) bond motifs is 1. The molecule has 36 heavy (non-hydrogen) atoms. The van der Waals surface area contributed by atoms with Crippen molar-refractivity contribution >= 4 is 81.0 Å². The number of amides is 1. The Morgan fingerprint density at radius 3 is 2.61 bits per heavy atom. The van der Waals surface area contributed by atoms with Gasteiger partial charge in [-0.3, -0.25) is 14.5 Å². The molecule has 3 heterocycles. The Labute approximate surface area is 236 Å². The number of ketones is 1. The van der Waals surface area contributed by atoms with Crippen LogP contribution in [0.4, 0.5) is 5.69 Å². The fourth-order valence-electron chi connectivity index (χ4n) is 4.23. The summed E-state index contributed by atoms with van der Waals surface area (Å²) in [6.45, 7) is 9.07. The smallest absolute Gasteiger partial charge is 0.265 e. The molecule has 0 bridgehead atoms. The van der Waals surface area contributed by atoms with Crippen molar-refractivity contribution in [3.63, 3.8) is 0 Å². The lowest BCUT2D eigenvalue weighted by molar-refractivity contribution is -0.124. The number of rotatable bonds is 8. The van der Waals surface area contributed by atoms with Crippen molar-refractivity contribution < 1.29 is 14.3 Å². The Balaban J connectivity index is 1.40. The number of anilines is 1. The fourth-order valence-corrected chi connectivity index (χ4v) is 9.26. The lowest BCUT2D eigenvalue weighted by Gasteiger charge is -2.32. The van der Waals surface area contributed by atoms with Gasteiger partial charge in [-0.1, -0.05) is 67.0 Å². The highest BCUT2D eigenvalue weighted by Crippen LogP contribution is 2.48. The minimum Gasteiger partial charge on any atom is -0.369 e. The van der Waals surface area contributed by atoms with Crippen molar-refractivity contribution in [3.8, 4) is 0 Å². The standard InChI is InChI=1S/C26H32N2O3S5/c1-16-12-33-14-20(15-34-13-16)31-11-19(29)9-10-28-21-7-5-6-8-22(21)35-25(28)18(3)17(2)23-24(30)27(4)26(32)36-23/h5-8,18,20,25H,1,9-15H2,2-4H3/b23-17-. The molecule has 1 amide bonds. The summed E-state index contributed by atoms with van der Waals surface area (Å²) in [5, 5.41) is 0.100. The van der Waals surface area contributed by atoms with E-state index in [9.17, 15) is 9.59 Å². The van der Waals surface area contributed by atoms with Crippen molar-refractivity contribution in [1.82, 2.24) is 4.90 Å². The Morgan fingerprint density at radius 1 is 1.25 bits per heavy atom. The maximum absolute atomic E-state index is 12.8. The highest BCUT2D eigenvalue weighted by atomic mass is 32.2. The summed E-state index contributed by atoms with van der Waals surface area (Å²) in [5.74, 6) is 3.94. The second-order valence-electron chi connectivity index (χ2n) is 9.20. The first kappa shape index (κ1) is 28.1. The van der Waals surface area contributed by atoms with Crippen LogP contribution in [0.25, 0.3) is 0 Å². The number of carbonyl (C=O) groups is 2. The summed E-state index contributed by atoms with van der Waals surface area (Å²) in [4.78, 5) is 31.4. The molecule has 0 aliphatic carbocycles. The molecule has 1 aromatic rings. The molecule has 0 saturated carbocycles. The molecule has 2 fully saturated rings. The number of carbonyl (C=O) groups excluding carboxylic acids is 2. The minimum atomic E-state index is -0.0244. The van der Waals surface area contributed by atoms with Gasteiger partial charge in [0.1, 0.15) is 10.9 Å². The van der Waals surface area contributed by atoms with Crippen LogP contribution >= 0.6 is 59.3 Å². The molecule has 0 aromatic heterocycles. The van der Waals surface area contributed by atoms with E-state index < -0.39 is 0 Å². The lowest BCUT2D eigenvalue weighted by atomic mass is 10.00. The molecule has 1 aromatic carbocycles. The molecular formula is C26H32N2O3S5. The molecule has 5 nitrogen and oxygen atoms in total. The maximum atomic E-state index is 12.8. The van der Waals surface area contributed by atoms with E-state index in [1.807, 2.05) is 42.6 Å². The van der Waals surface area contributed by atoms with Crippen LogP contribution in [0, 0.1) is 5.92 Å². The first-order valence-electron chi connectivity index (χ1n) is 11.9. The summed E-state index contributed by atoms with van der Waals surface area (Å²) in [6.07, 6.45) is 0.533. The molecule has 10 heteroatoms. The van der Waals surface area contributed by atoms with Crippen molar-refractivity contribution in [2.24, 2.45) is 5.92 Å². The first-order chi connectivity index (χ1) is 17.3. The van der Waals surface area contributed by atoms with E-state index in [0.29, 0.717) is 17.3 Å². The Hall–Kier alpha value is -0.910. The van der Waals surface area contributed by atoms with Crippen LogP contribution in [-0.4, -0.2) is 75.6 Å². The van der Waals surface area contributed by atoms with Crippen LogP contribution in [0.3, 0.4) is 0 Å². The van der Waals surface area contributed by atoms with Gasteiger partial charge in [-0.25, -0.2) is 0 Å². The molecular weight excluding hydrogens is 549 g/mol. The van der Waals surface area contributed by atoms with Gasteiger partial charge >= 0.3 is 0 Å². The third-order valence-corrected chi connectivity index (χ3v) is 12.1. The zero-order chi connectivity index (χ0) is 25.8. The predicted molar refractivity (Wildman–Crippen MR) is 161 cm³/mol. The predicted octanol–water partition coefficient (Wildman–Crippen LogP) is 5.71. The number of benzene rings is 1. The van der Waals surface area contributed by atoms with Crippen LogP contribution < -0.4 is 4.90 Å². The largest absolute Gasteiger partial charge is 0.369 e. The van der Waals surface area contributed by atoms with E-state index in [0.717, 1.165) is 39.2 Å². The van der Waals surface area contributed by atoms with Gasteiger partial charge in [0.2, 0.25) is 0 Å². The number of thioether (sulfide) groups is 4. The highest BCUT2D eigenvalue weighted by molar-refractivity contribution is 8.26. The number of likely N-dealkylation sites (N-methyl/N-ethyl adjacent to an activating group) is 1. The Bertz CT molecular complexity index is 1060. The molecule has 4 rings (SSSR count). The van der Waals surface area contributed by atoms with E-state index in [4.69, 9.17) is 17.0 Å². The van der Waals surface area contributed by atoms with Gasteiger partial charge in [0.25, 0.3) is 5.91 Å². The number of hydrogen-bond acceptors (Lipinski definition) is 9. The number of nitrogens with zero attached hydrogens (tertiary/aromatic N) is 2. The normalized spacial score (nSPS) is 23.5. The molecule has 3 aliphatic heterocycles. The first-order valence-corrected chi connectivity index (χ1v) is 16.4. The van der Waals surface area contributed by atoms with Gasteiger partial charge in [-0.05, 0) is 24.6 Å². The Kier molecular flexibility index (Phi) is 9.96. The van der Waals surface area contributed by atoms with Crippen LogP contribution in [0.2, 0.25) is 0 Å². The number of thiocarbonyl (C=S) groups is 1. The average Bonchev–Trinajstić information content (AvgIpc) is 3.35. The molecule has 3 aliphatic rings. The number of hydrogen-bond donors (Lipinski definition) is 0. The zero-order valence-corrected chi connectivity index (χ0v) is 24.9. The zero-order valence-electron chi connectivity index (χ0n) is 20.9. The van der Waals surface area contributed by atoms with Crippen molar-refractivity contribution in [3.05, 3.63) is 46.9 Å². The van der Waals surface area contributed by atoms with E-state index in [1.54, 1.807) is 23.7 Å². The van der Waals surface area contributed by atoms with Crippen molar-refractivity contribution in [2.75, 3.05) is 48.1 Å². The summed E-state index contributed by atoms with van der Waals surface area (Å²) >= 11 is 12.2. The topological polar surface area (TPSA) is 49.9 Å². The van der Waals surface area contributed by atoms with E-state index in [-0.39, 0.29) is 35.7 Å². The highest BCUT2D eigenvalue weighted by Gasteiger charge is 2.38. The third-order valence-electron chi connectivity index (χ3n) is 6.49. The summed E-state index contributed by atoms with van der Waals surface area (Å²) in [7, 11) is 1.73. The maximum Gasteiger partial charge on any atom is 0.265 e. The molecule has 2 unspecified atom stereocenters. The summed E-state index contributed by atoms with van der Waals surface area (Å²) in [5.41, 5.74) is 3.46. The number of Topliss-reactive ketones (excluding diaryl/α,β-unsaturated/α-hetero) is 1. The van der Waals surface area contributed by atoms with Gasteiger partial charge in [0, 0.05) is 53.8 Å². The molecule has 0 spiro atoms. The average molecular weight is 581 g/mol. The summed E-state index contributed by atoms with van der Waals surface area (Å²) < 4.78 is 6.60. The van der Waals surface area contributed by atoms with Gasteiger partial charge in [-0.15, -0.1) is 0 Å². The van der Waals surface area contributed by atoms with Crippen LogP contribution in [0.1, 0.15) is 20.3 Å². The fraction of sp³-hybridized carbons (Fsp3) is 0.500. The Morgan fingerprint density at radius 2 is 1.94 bits per heavy atom. The van der Waals surface area contributed by atoms with E-state index in [1.165, 1.54) is 22.2 Å². The quantitative estimate of drug-likeness (QED) is 0.219. The lowest BCUT2D eigenvalue weighted by Crippen LogP contribution is -2.37. The van der Waals surface area contributed by atoms with Crippen molar-refractivity contribution in [1.29, 1.82) is 0 Å². The van der Waals surface area contributed by atoms with Crippen LogP contribution in [0.5, 0.6) is 0 Å². The van der Waals surface area contributed by atoms with Gasteiger partial charge in [0.05, 0.1) is 22.1 Å². The van der Waals surface area contributed by atoms with Gasteiger partial charge < -0.3 is 9.64 Å².